The zero-order valence-electron chi connectivity index (χ0n) is 16.5. The molecule has 0 N–H and O–H groups in total. The first-order chi connectivity index (χ1) is 13.5. The fraction of sp³-hybridized carbons (Fsp3) is 0.591. The third-order valence-electron chi connectivity index (χ3n) is 6.33. The van der Waals surface area contributed by atoms with Gasteiger partial charge in [-0.15, -0.1) is 0 Å². The fourth-order valence-corrected chi connectivity index (χ4v) is 4.69. The van der Waals surface area contributed by atoms with Gasteiger partial charge in [-0.2, -0.15) is 0 Å². The number of carbonyl (C=O) groups excluding carboxylic acids is 3. The quantitative estimate of drug-likeness (QED) is 0.735. The van der Waals surface area contributed by atoms with Crippen LogP contribution in [0.5, 0.6) is 0 Å². The molecule has 2 saturated heterocycles. The molecule has 28 heavy (non-hydrogen) atoms. The van der Waals surface area contributed by atoms with Crippen molar-refractivity contribution in [3.63, 3.8) is 0 Å². The van der Waals surface area contributed by atoms with E-state index >= 15 is 0 Å². The molecule has 1 atom stereocenters. The third-order valence-corrected chi connectivity index (χ3v) is 6.33. The Bertz CT molecular complexity index is 778. The van der Waals surface area contributed by atoms with Crippen LogP contribution in [0, 0.1) is 5.92 Å². The lowest BCUT2D eigenvalue weighted by molar-refractivity contribution is -0.154. The molecule has 1 unspecified atom stereocenters. The Kier molecular flexibility index (Phi) is 5.13. The Morgan fingerprint density at radius 3 is 2.39 bits per heavy atom. The van der Waals surface area contributed by atoms with Crippen molar-refractivity contribution in [3.8, 4) is 0 Å². The molecule has 1 aromatic rings. The summed E-state index contributed by atoms with van der Waals surface area (Å²) in [6.07, 6.45) is 5.14. The van der Waals surface area contributed by atoms with E-state index in [1.165, 1.54) is 6.42 Å². The zero-order valence-corrected chi connectivity index (χ0v) is 16.5. The van der Waals surface area contributed by atoms with Gasteiger partial charge in [0.25, 0.3) is 5.91 Å². The van der Waals surface area contributed by atoms with Crippen molar-refractivity contribution < 1.29 is 19.1 Å². The van der Waals surface area contributed by atoms with Crippen molar-refractivity contribution in [2.45, 2.75) is 51.0 Å². The van der Waals surface area contributed by atoms with E-state index in [4.69, 9.17) is 4.74 Å². The number of amides is 2. The minimum absolute atomic E-state index is 0.00425. The van der Waals surface area contributed by atoms with Crippen LogP contribution in [0.2, 0.25) is 0 Å². The van der Waals surface area contributed by atoms with Gasteiger partial charge in [0.2, 0.25) is 5.91 Å². The van der Waals surface area contributed by atoms with Crippen molar-refractivity contribution in [3.05, 3.63) is 35.4 Å². The second kappa shape index (κ2) is 7.57. The Morgan fingerprint density at radius 1 is 1.00 bits per heavy atom. The number of esters is 1. The topological polar surface area (TPSA) is 66.9 Å². The van der Waals surface area contributed by atoms with E-state index in [1.54, 1.807) is 24.0 Å². The number of ether oxygens (including phenoxy) is 1. The maximum Gasteiger partial charge on any atom is 0.339 e. The van der Waals surface area contributed by atoms with Gasteiger partial charge < -0.3 is 14.5 Å². The molecule has 0 aromatic heterocycles. The number of piperidine rings is 2. The smallest absolute Gasteiger partial charge is 0.339 e. The lowest BCUT2D eigenvalue weighted by atomic mass is 9.87. The maximum atomic E-state index is 13.2. The van der Waals surface area contributed by atoms with Gasteiger partial charge in [0, 0.05) is 38.5 Å². The summed E-state index contributed by atoms with van der Waals surface area (Å²) in [7, 11) is 0. The molecule has 0 radical (unpaired) electrons. The summed E-state index contributed by atoms with van der Waals surface area (Å²) in [5.74, 6) is -0.340. The largest absolute Gasteiger partial charge is 0.445 e. The van der Waals surface area contributed by atoms with Gasteiger partial charge in [-0.25, -0.2) is 4.79 Å². The van der Waals surface area contributed by atoms with Crippen LogP contribution in [0.4, 0.5) is 0 Å². The average molecular weight is 384 g/mol. The van der Waals surface area contributed by atoms with Gasteiger partial charge in [-0.3, -0.25) is 9.59 Å². The molecule has 150 valence electrons. The van der Waals surface area contributed by atoms with Crippen LogP contribution in [0.15, 0.2) is 24.3 Å². The molecule has 0 aliphatic carbocycles. The van der Waals surface area contributed by atoms with Crippen molar-refractivity contribution in [2.75, 3.05) is 26.2 Å². The summed E-state index contributed by atoms with van der Waals surface area (Å²) in [6, 6.07) is 7.29. The number of hydrogen-bond acceptors (Lipinski definition) is 4. The van der Waals surface area contributed by atoms with Crippen molar-refractivity contribution >= 4 is 17.8 Å². The Morgan fingerprint density at radius 2 is 1.68 bits per heavy atom. The summed E-state index contributed by atoms with van der Waals surface area (Å²) in [5.41, 5.74) is 0.221. The summed E-state index contributed by atoms with van der Waals surface area (Å²) < 4.78 is 5.58. The molecular weight excluding hydrogens is 356 g/mol. The SMILES string of the molecule is CC1(C(=O)N2CCC(C(=O)N3CCCCC3)CC2)Cc2ccccc2C(=O)O1. The van der Waals surface area contributed by atoms with Crippen LogP contribution in [0.1, 0.15) is 54.9 Å². The first-order valence-electron chi connectivity index (χ1n) is 10.4. The number of carbonyl (C=O) groups is 3. The van der Waals surface area contributed by atoms with E-state index in [-0.39, 0.29) is 17.7 Å². The molecule has 3 aliphatic rings. The molecule has 4 rings (SSSR count). The lowest BCUT2D eigenvalue weighted by Crippen LogP contribution is -2.55. The summed E-state index contributed by atoms with van der Waals surface area (Å²) in [5, 5.41) is 0. The highest BCUT2D eigenvalue weighted by Crippen LogP contribution is 2.31. The van der Waals surface area contributed by atoms with E-state index in [9.17, 15) is 14.4 Å². The van der Waals surface area contributed by atoms with Crippen LogP contribution >= 0.6 is 0 Å². The molecular formula is C22H28N2O4. The Labute approximate surface area is 165 Å². The van der Waals surface area contributed by atoms with E-state index in [0.717, 1.165) is 31.5 Å². The molecule has 0 spiro atoms. The third kappa shape index (κ3) is 3.52. The van der Waals surface area contributed by atoms with Crippen LogP contribution in [0.25, 0.3) is 0 Å². The number of rotatable bonds is 2. The number of cyclic esters (lactones) is 1. The van der Waals surface area contributed by atoms with E-state index in [0.29, 0.717) is 37.9 Å². The molecule has 2 amide bonds. The standard InChI is InChI=1S/C22H28N2O4/c1-22(15-17-7-3-4-8-18(17)20(26)28-22)21(27)24-13-9-16(10-14-24)19(25)23-11-5-2-6-12-23/h3-4,7-8,16H,2,5-6,9-15H2,1H3. The summed E-state index contributed by atoms with van der Waals surface area (Å²) >= 11 is 0. The molecule has 6 heteroatoms. The number of benzene rings is 1. The summed E-state index contributed by atoms with van der Waals surface area (Å²) in [4.78, 5) is 42.0. The van der Waals surface area contributed by atoms with Gasteiger partial charge in [-0.05, 0) is 50.7 Å². The van der Waals surface area contributed by atoms with E-state index < -0.39 is 11.6 Å². The zero-order chi connectivity index (χ0) is 19.7. The number of nitrogens with zero attached hydrogens (tertiary/aromatic N) is 2. The molecule has 3 aliphatic heterocycles. The minimum Gasteiger partial charge on any atom is -0.445 e. The number of fused-ring (bicyclic) bond motifs is 1. The van der Waals surface area contributed by atoms with Crippen molar-refractivity contribution in [1.29, 1.82) is 0 Å². The number of hydrogen-bond donors (Lipinski definition) is 0. The van der Waals surface area contributed by atoms with Crippen LogP contribution in [-0.2, 0) is 20.7 Å². The van der Waals surface area contributed by atoms with Crippen molar-refractivity contribution in [1.82, 2.24) is 9.80 Å². The molecule has 0 saturated carbocycles. The number of likely N-dealkylation sites (tertiary alicyclic amines) is 2. The molecule has 3 heterocycles. The summed E-state index contributed by atoms with van der Waals surface area (Å²) in [6.45, 7) is 4.51. The fourth-order valence-electron chi connectivity index (χ4n) is 4.69. The minimum atomic E-state index is -1.17. The maximum absolute atomic E-state index is 13.2. The average Bonchev–Trinajstić information content (AvgIpc) is 2.73. The van der Waals surface area contributed by atoms with Crippen LogP contribution < -0.4 is 0 Å². The Hall–Kier alpha value is -2.37. The molecule has 6 nitrogen and oxygen atoms in total. The van der Waals surface area contributed by atoms with Crippen molar-refractivity contribution in [2.24, 2.45) is 5.92 Å². The van der Waals surface area contributed by atoms with Gasteiger partial charge in [0.15, 0.2) is 5.60 Å². The molecule has 2 fully saturated rings. The van der Waals surface area contributed by atoms with E-state index in [1.807, 2.05) is 17.0 Å². The highest BCUT2D eigenvalue weighted by atomic mass is 16.6. The molecule has 1 aromatic carbocycles. The predicted octanol–water partition coefficient (Wildman–Crippen LogP) is 2.41. The van der Waals surface area contributed by atoms with Gasteiger partial charge >= 0.3 is 5.97 Å². The monoisotopic (exact) mass is 384 g/mol. The second-order valence-corrected chi connectivity index (χ2v) is 8.41. The van der Waals surface area contributed by atoms with Gasteiger partial charge in [0.1, 0.15) is 0 Å². The normalized spacial score (nSPS) is 25.8. The first kappa shape index (κ1) is 19.0. The van der Waals surface area contributed by atoms with Gasteiger partial charge in [0.05, 0.1) is 5.56 Å². The first-order valence-corrected chi connectivity index (χ1v) is 10.4. The Balaban J connectivity index is 1.39. The lowest BCUT2D eigenvalue weighted by Gasteiger charge is -2.40. The highest BCUT2D eigenvalue weighted by Gasteiger charge is 2.45. The van der Waals surface area contributed by atoms with Gasteiger partial charge in [-0.1, -0.05) is 18.2 Å². The molecule has 0 bridgehead atoms. The predicted molar refractivity (Wildman–Crippen MR) is 104 cm³/mol. The van der Waals surface area contributed by atoms with Crippen LogP contribution in [-0.4, -0.2) is 59.4 Å². The van der Waals surface area contributed by atoms with Crippen LogP contribution in [0.3, 0.4) is 0 Å². The van der Waals surface area contributed by atoms with E-state index in [2.05, 4.69) is 0 Å². The second-order valence-electron chi connectivity index (χ2n) is 8.41. The highest BCUT2D eigenvalue weighted by molar-refractivity contribution is 5.97.